The Morgan fingerprint density at radius 2 is 2.11 bits per heavy atom. The number of carbonyl (C=O) groups is 2. The van der Waals surface area contributed by atoms with Gasteiger partial charge in [0.1, 0.15) is 12.2 Å². The van der Waals surface area contributed by atoms with Crippen molar-refractivity contribution in [1.82, 2.24) is 4.90 Å². The monoisotopic (exact) mass is 392 g/mol. The number of rotatable bonds is 4. The molecular weight excluding hydrogens is 372 g/mol. The maximum Gasteiger partial charge on any atom is 0.336 e. The molecule has 1 aliphatic rings. The third-order valence-corrected chi connectivity index (χ3v) is 5.17. The third kappa shape index (κ3) is 4.24. The molecule has 1 aromatic heterocycles. The number of hydrogen-bond acceptors (Lipinski definition) is 5. The number of nitrogens with two attached hydrogens (primary N) is 1. The number of halogens is 1. The second kappa shape index (κ2) is 8.00. The Labute approximate surface area is 161 Å². The number of hydrogen-bond donors (Lipinski definition) is 1. The van der Waals surface area contributed by atoms with Crippen molar-refractivity contribution in [3.05, 3.63) is 44.8 Å². The molecule has 144 valence electrons. The minimum absolute atomic E-state index is 0.0736. The van der Waals surface area contributed by atoms with Crippen LogP contribution in [0.2, 0.25) is 5.02 Å². The van der Waals surface area contributed by atoms with Crippen LogP contribution in [0, 0.1) is 5.92 Å². The van der Waals surface area contributed by atoms with E-state index in [1.54, 1.807) is 12.1 Å². The molecule has 0 radical (unpaired) electrons. The molecule has 1 fully saturated rings. The molecule has 3 rings (SSSR count). The average Bonchev–Trinajstić information content (AvgIpc) is 2.65. The molecule has 8 heteroatoms. The van der Waals surface area contributed by atoms with E-state index in [4.69, 9.17) is 26.5 Å². The van der Waals surface area contributed by atoms with Crippen LogP contribution in [0.1, 0.15) is 30.9 Å². The highest BCUT2D eigenvalue weighted by Gasteiger charge is 2.28. The molecule has 1 aromatic carbocycles. The first kappa shape index (κ1) is 19.2. The number of urea groups is 1. The van der Waals surface area contributed by atoms with Crippen molar-refractivity contribution in [3.8, 4) is 0 Å². The van der Waals surface area contributed by atoms with Crippen LogP contribution in [0.3, 0.4) is 0 Å². The van der Waals surface area contributed by atoms with Gasteiger partial charge in [-0.25, -0.2) is 9.59 Å². The normalized spacial score (nSPS) is 17.1. The van der Waals surface area contributed by atoms with Crippen LogP contribution in [0.5, 0.6) is 0 Å². The molecule has 1 aliphatic heterocycles. The zero-order chi connectivity index (χ0) is 19.6. The van der Waals surface area contributed by atoms with Crippen molar-refractivity contribution in [2.45, 2.75) is 32.8 Å². The number of likely N-dealkylation sites (tertiary alicyclic amines) is 1. The van der Waals surface area contributed by atoms with Crippen molar-refractivity contribution in [3.63, 3.8) is 0 Å². The first-order valence-corrected chi connectivity index (χ1v) is 9.23. The van der Waals surface area contributed by atoms with Gasteiger partial charge in [-0.2, -0.15) is 0 Å². The van der Waals surface area contributed by atoms with Gasteiger partial charge in [-0.15, -0.1) is 0 Å². The van der Waals surface area contributed by atoms with Gasteiger partial charge in [0.2, 0.25) is 0 Å². The minimum Gasteiger partial charge on any atom is -0.461 e. The van der Waals surface area contributed by atoms with E-state index in [0.29, 0.717) is 47.4 Å². The predicted octanol–water partition coefficient (Wildman–Crippen LogP) is 2.84. The highest BCUT2D eigenvalue weighted by atomic mass is 35.5. The third-order valence-electron chi connectivity index (χ3n) is 4.81. The Hall–Kier alpha value is -2.54. The topological polar surface area (TPSA) is 103 Å². The number of benzene rings is 1. The van der Waals surface area contributed by atoms with Crippen LogP contribution < -0.4 is 11.4 Å². The predicted molar refractivity (Wildman–Crippen MR) is 101 cm³/mol. The van der Waals surface area contributed by atoms with Crippen LogP contribution in [0.4, 0.5) is 4.79 Å². The molecule has 2 N–H and O–H groups in total. The first-order chi connectivity index (χ1) is 12.9. The Morgan fingerprint density at radius 1 is 1.33 bits per heavy atom. The van der Waals surface area contributed by atoms with Gasteiger partial charge in [0, 0.05) is 35.1 Å². The van der Waals surface area contributed by atoms with Crippen LogP contribution in [0.25, 0.3) is 11.0 Å². The number of fused-ring (bicyclic) bond motifs is 1. The Bertz CT molecular complexity index is 940. The molecule has 1 atom stereocenters. The van der Waals surface area contributed by atoms with Gasteiger partial charge in [-0.3, -0.25) is 4.79 Å². The fourth-order valence-corrected chi connectivity index (χ4v) is 3.61. The van der Waals surface area contributed by atoms with E-state index in [2.05, 4.69) is 0 Å². The summed E-state index contributed by atoms with van der Waals surface area (Å²) in [7, 11) is 0. The van der Waals surface area contributed by atoms with Gasteiger partial charge in [0.25, 0.3) is 0 Å². The lowest BCUT2D eigenvalue weighted by molar-refractivity contribution is -0.151. The lowest BCUT2D eigenvalue weighted by Crippen LogP contribution is -2.45. The molecule has 2 heterocycles. The number of nitrogens with zero attached hydrogens (tertiary/aromatic N) is 1. The highest BCUT2D eigenvalue weighted by molar-refractivity contribution is 6.32. The van der Waals surface area contributed by atoms with E-state index < -0.39 is 23.5 Å². The molecule has 0 bridgehead atoms. The van der Waals surface area contributed by atoms with Gasteiger partial charge in [-0.05, 0) is 37.0 Å². The molecule has 0 aliphatic carbocycles. The van der Waals surface area contributed by atoms with Crippen molar-refractivity contribution in [2.24, 2.45) is 11.7 Å². The molecule has 1 saturated heterocycles. The SMILES string of the molecule is CCc1cc2oc(=O)cc(COC(=O)C3CCCN(C(N)=O)C3)c2cc1Cl. The first-order valence-electron chi connectivity index (χ1n) is 8.85. The van der Waals surface area contributed by atoms with Crippen LogP contribution in [-0.2, 0) is 22.6 Å². The number of ether oxygens (including phenoxy) is 1. The maximum absolute atomic E-state index is 12.4. The van der Waals surface area contributed by atoms with Gasteiger partial charge >= 0.3 is 17.6 Å². The molecule has 0 saturated carbocycles. The average molecular weight is 393 g/mol. The van der Waals surface area contributed by atoms with Gasteiger partial charge in [0.05, 0.1) is 5.92 Å². The standard InChI is InChI=1S/C19H21ClN2O5/c1-2-11-6-16-14(8-15(11)20)13(7-17(23)27-16)10-26-18(24)12-4-3-5-22(9-12)19(21)25/h6-8,12H,2-5,9-10H2,1H3,(H2,21,25). The molecule has 7 nitrogen and oxygen atoms in total. The number of piperidine rings is 1. The van der Waals surface area contributed by atoms with E-state index in [1.807, 2.05) is 6.92 Å². The van der Waals surface area contributed by atoms with Crippen molar-refractivity contribution >= 4 is 34.6 Å². The zero-order valence-corrected chi connectivity index (χ0v) is 15.8. The zero-order valence-electron chi connectivity index (χ0n) is 15.0. The number of carbonyl (C=O) groups excluding carboxylic acids is 2. The summed E-state index contributed by atoms with van der Waals surface area (Å²) in [6.45, 7) is 2.67. The molecular formula is C19H21ClN2O5. The van der Waals surface area contributed by atoms with Crippen molar-refractivity contribution in [1.29, 1.82) is 0 Å². The molecule has 2 aromatic rings. The highest BCUT2D eigenvalue weighted by Crippen LogP contribution is 2.27. The summed E-state index contributed by atoms with van der Waals surface area (Å²) >= 11 is 6.27. The number of primary amides is 1. The summed E-state index contributed by atoms with van der Waals surface area (Å²) in [6.07, 6.45) is 2.03. The van der Waals surface area contributed by atoms with E-state index in [-0.39, 0.29) is 13.2 Å². The molecule has 27 heavy (non-hydrogen) atoms. The largest absolute Gasteiger partial charge is 0.461 e. The van der Waals surface area contributed by atoms with Gasteiger partial charge < -0.3 is 19.8 Å². The van der Waals surface area contributed by atoms with E-state index in [9.17, 15) is 14.4 Å². The summed E-state index contributed by atoms with van der Waals surface area (Å²) in [5.41, 5.74) is 6.58. The van der Waals surface area contributed by atoms with Gasteiger partial charge in [-0.1, -0.05) is 18.5 Å². The Balaban J connectivity index is 1.78. The minimum atomic E-state index is -0.541. The smallest absolute Gasteiger partial charge is 0.336 e. The van der Waals surface area contributed by atoms with Crippen LogP contribution in [-0.4, -0.2) is 30.0 Å². The fraction of sp³-hybridized carbons (Fsp3) is 0.421. The van der Waals surface area contributed by atoms with Crippen LogP contribution >= 0.6 is 11.6 Å². The number of esters is 1. The lowest BCUT2D eigenvalue weighted by atomic mass is 9.98. The second-order valence-electron chi connectivity index (χ2n) is 6.62. The summed E-state index contributed by atoms with van der Waals surface area (Å²) in [6, 6.07) is 4.21. The maximum atomic E-state index is 12.4. The van der Waals surface area contributed by atoms with Crippen molar-refractivity contribution < 1.29 is 18.7 Å². The van der Waals surface area contributed by atoms with E-state index >= 15 is 0 Å². The fourth-order valence-electron chi connectivity index (χ4n) is 3.32. The molecule has 2 amide bonds. The second-order valence-corrected chi connectivity index (χ2v) is 7.02. The number of amides is 2. The Morgan fingerprint density at radius 3 is 2.81 bits per heavy atom. The molecule has 1 unspecified atom stereocenters. The quantitative estimate of drug-likeness (QED) is 0.636. The van der Waals surface area contributed by atoms with E-state index in [0.717, 1.165) is 5.56 Å². The Kier molecular flexibility index (Phi) is 5.70. The van der Waals surface area contributed by atoms with Crippen molar-refractivity contribution in [2.75, 3.05) is 13.1 Å². The summed E-state index contributed by atoms with van der Waals surface area (Å²) in [4.78, 5) is 37.0. The lowest BCUT2D eigenvalue weighted by Gasteiger charge is -2.30. The summed E-state index contributed by atoms with van der Waals surface area (Å²) in [5, 5.41) is 1.20. The van der Waals surface area contributed by atoms with Crippen LogP contribution in [0.15, 0.2) is 27.4 Å². The van der Waals surface area contributed by atoms with Gasteiger partial charge in [0.15, 0.2) is 0 Å². The summed E-state index contributed by atoms with van der Waals surface area (Å²) in [5.74, 6) is -0.841. The molecule has 0 spiro atoms. The number of aryl methyl sites for hydroxylation is 1. The summed E-state index contributed by atoms with van der Waals surface area (Å²) < 4.78 is 10.7. The van der Waals surface area contributed by atoms with E-state index in [1.165, 1.54) is 11.0 Å².